The minimum Gasteiger partial charge on any atom is -0.477 e. The standard InChI is InChI=1S/C16H16N2O3/c1-10-4-5-12-13(9-17-8-11-3-2-6-21-11)15(16(19)20)18-14(12)7-10/h2-7,17-18H,8-9H2,1H3,(H,19,20). The molecule has 3 aromatic rings. The fraction of sp³-hybridized carbons (Fsp3) is 0.188. The van der Waals surface area contributed by atoms with Gasteiger partial charge in [0.1, 0.15) is 11.5 Å². The fourth-order valence-electron chi connectivity index (χ4n) is 2.46. The maximum Gasteiger partial charge on any atom is 0.352 e. The molecule has 0 atom stereocenters. The average Bonchev–Trinajstić information content (AvgIpc) is 3.06. The zero-order valence-corrected chi connectivity index (χ0v) is 11.6. The number of aromatic amines is 1. The maximum absolute atomic E-state index is 11.4. The van der Waals surface area contributed by atoms with E-state index in [9.17, 15) is 9.90 Å². The summed E-state index contributed by atoms with van der Waals surface area (Å²) in [6, 6.07) is 9.60. The van der Waals surface area contributed by atoms with Crippen molar-refractivity contribution in [2.24, 2.45) is 0 Å². The van der Waals surface area contributed by atoms with Gasteiger partial charge in [0.2, 0.25) is 0 Å². The molecule has 0 unspecified atom stereocenters. The number of benzene rings is 1. The van der Waals surface area contributed by atoms with Crippen LogP contribution < -0.4 is 5.32 Å². The zero-order chi connectivity index (χ0) is 14.8. The zero-order valence-electron chi connectivity index (χ0n) is 11.6. The number of fused-ring (bicyclic) bond motifs is 1. The predicted octanol–water partition coefficient (Wildman–Crippen LogP) is 3.06. The first kappa shape index (κ1) is 13.5. The molecule has 0 aliphatic heterocycles. The van der Waals surface area contributed by atoms with Crippen LogP contribution in [0.2, 0.25) is 0 Å². The van der Waals surface area contributed by atoms with Gasteiger partial charge in [0.05, 0.1) is 12.8 Å². The Hall–Kier alpha value is -2.53. The van der Waals surface area contributed by atoms with Crippen molar-refractivity contribution < 1.29 is 14.3 Å². The van der Waals surface area contributed by atoms with Gasteiger partial charge < -0.3 is 19.8 Å². The summed E-state index contributed by atoms with van der Waals surface area (Å²) < 4.78 is 5.25. The lowest BCUT2D eigenvalue weighted by Crippen LogP contribution is -2.14. The van der Waals surface area contributed by atoms with Crippen LogP contribution in [0, 0.1) is 6.92 Å². The van der Waals surface area contributed by atoms with Gasteiger partial charge in [-0.15, -0.1) is 0 Å². The van der Waals surface area contributed by atoms with Gasteiger partial charge in [-0.05, 0) is 30.7 Å². The number of hydrogen-bond acceptors (Lipinski definition) is 3. The topological polar surface area (TPSA) is 78.3 Å². The summed E-state index contributed by atoms with van der Waals surface area (Å²) in [5, 5.41) is 13.5. The molecule has 0 spiro atoms. The molecule has 108 valence electrons. The number of carboxylic acid groups (broad SMARTS) is 1. The molecule has 2 aromatic heterocycles. The van der Waals surface area contributed by atoms with Gasteiger partial charge in [-0.2, -0.15) is 0 Å². The van der Waals surface area contributed by atoms with Crippen molar-refractivity contribution in [1.82, 2.24) is 10.3 Å². The van der Waals surface area contributed by atoms with E-state index in [1.54, 1.807) is 6.26 Å². The number of hydrogen-bond donors (Lipinski definition) is 3. The number of rotatable bonds is 5. The number of aromatic nitrogens is 1. The lowest BCUT2D eigenvalue weighted by Gasteiger charge is -2.04. The largest absolute Gasteiger partial charge is 0.477 e. The third-order valence-corrected chi connectivity index (χ3v) is 3.46. The van der Waals surface area contributed by atoms with E-state index < -0.39 is 5.97 Å². The number of aryl methyl sites for hydroxylation is 1. The van der Waals surface area contributed by atoms with Gasteiger partial charge in [0.15, 0.2) is 0 Å². The first-order valence-electron chi connectivity index (χ1n) is 6.73. The molecule has 0 bridgehead atoms. The van der Waals surface area contributed by atoms with Crippen molar-refractivity contribution >= 4 is 16.9 Å². The SMILES string of the molecule is Cc1ccc2c(CNCc3ccco3)c(C(=O)O)[nH]c2c1. The highest BCUT2D eigenvalue weighted by atomic mass is 16.4. The molecule has 21 heavy (non-hydrogen) atoms. The predicted molar refractivity (Wildman–Crippen MR) is 79.2 cm³/mol. The quantitative estimate of drug-likeness (QED) is 0.673. The van der Waals surface area contributed by atoms with Gasteiger partial charge in [-0.25, -0.2) is 4.79 Å². The number of carboxylic acids is 1. The maximum atomic E-state index is 11.4. The molecule has 0 aliphatic carbocycles. The Labute approximate surface area is 121 Å². The molecule has 5 heteroatoms. The minimum absolute atomic E-state index is 0.238. The second-order valence-corrected chi connectivity index (χ2v) is 5.02. The Morgan fingerprint density at radius 1 is 1.33 bits per heavy atom. The van der Waals surface area contributed by atoms with E-state index in [0.717, 1.165) is 27.8 Å². The van der Waals surface area contributed by atoms with Gasteiger partial charge in [-0.1, -0.05) is 12.1 Å². The summed E-state index contributed by atoms with van der Waals surface area (Å²) in [6.45, 7) is 3.01. The normalized spacial score (nSPS) is 11.1. The number of H-pyrrole nitrogens is 1. The Bertz CT molecular complexity index is 772. The second-order valence-electron chi connectivity index (χ2n) is 5.02. The van der Waals surface area contributed by atoms with Gasteiger partial charge >= 0.3 is 5.97 Å². The van der Waals surface area contributed by atoms with Gasteiger partial charge in [0.25, 0.3) is 0 Å². The smallest absolute Gasteiger partial charge is 0.352 e. The van der Waals surface area contributed by atoms with Crippen LogP contribution in [-0.2, 0) is 13.1 Å². The van der Waals surface area contributed by atoms with Crippen LogP contribution in [0.5, 0.6) is 0 Å². The van der Waals surface area contributed by atoms with Crippen LogP contribution in [0.15, 0.2) is 41.0 Å². The third kappa shape index (κ3) is 2.68. The number of carbonyl (C=O) groups is 1. The fourth-order valence-corrected chi connectivity index (χ4v) is 2.46. The van der Waals surface area contributed by atoms with Crippen LogP contribution >= 0.6 is 0 Å². The highest BCUT2D eigenvalue weighted by Crippen LogP contribution is 2.23. The molecule has 0 fully saturated rings. The van der Waals surface area contributed by atoms with E-state index in [1.807, 2.05) is 37.3 Å². The van der Waals surface area contributed by atoms with Crippen LogP contribution in [0.25, 0.3) is 10.9 Å². The van der Waals surface area contributed by atoms with E-state index in [4.69, 9.17) is 4.42 Å². The van der Waals surface area contributed by atoms with Crippen molar-refractivity contribution in [2.75, 3.05) is 0 Å². The Kier molecular flexibility index (Phi) is 3.50. The Balaban J connectivity index is 1.88. The van der Waals surface area contributed by atoms with E-state index in [1.165, 1.54) is 0 Å². The molecule has 5 nitrogen and oxygen atoms in total. The van der Waals surface area contributed by atoms with Crippen LogP contribution in [0.4, 0.5) is 0 Å². The van der Waals surface area contributed by atoms with E-state index in [-0.39, 0.29) is 5.69 Å². The number of furan rings is 1. The summed E-state index contributed by atoms with van der Waals surface area (Å²) in [5.74, 6) is -0.124. The van der Waals surface area contributed by atoms with Gasteiger partial charge in [0, 0.05) is 23.0 Å². The molecule has 1 aromatic carbocycles. The van der Waals surface area contributed by atoms with E-state index in [2.05, 4.69) is 10.3 Å². The number of nitrogens with one attached hydrogen (secondary N) is 2. The van der Waals surface area contributed by atoms with Crippen LogP contribution in [0.3, 0.4) is 0 Å². The summed E-state index contributed by atoms with van der Waals surface area (Å²) in [4.78, 5) is 14.4. The molecule has 0 saturated carbocycles. The molecular weight excluding hydrogens is 268 g/mol. The summed E-state index contributed by atoms with van der Waals surface area (Å²) in [6.07, 6.45) is 1.62. The molecule has 0 amide bonds. The van der Waals surface area contributed by atoms with E-state index in [0.29, 0.717) is 13.1 Å². The minimum atomic E-state index is -0.946. The summed E-state index contributed by atoms with van der Waals surface area (Å²) in [5.41, 5.74) is 2.95. The Morgan fingerprint density at radius 2 is 2.19 bits per heavy atom. The number of aromatic carboxylic acids is 1. The molecular formula is C16H16N2O3. The van der Waals surface area contributed by atoms with Crippen molar-refractivity contribution in [1.29, 1.82) is 0 Å². The molecule has 0 saturated heterocycles. The molecule has 2 heterocycles. The first-order chi connectivity index (χ1) is 10.1. The molecule has 3 rings (SSSR count). The molecule has 3 N–H and O–H groups in total. The lowest BCUT2D eigenvalue weighted by atomic mass is 10.1. The van der Waals surface area contributed by atoms with Crippen molar-refractivity contribution in [2.45, 2.75) is 20.0 Å². The first-order valence-corrected chi connectivity index (χ1v) is 6.73. The monoisotopic (exact) mass is 284 g/mol. The summed E-state index contributed by atoms with van der Waals surface area (Å²) >= 11 is 0. The lowest BCUT2D eigenvalue weighted by molar-refractivity contribution is 0.0690. The second kappa shape index (κ2) is 5.46. The van der Waals surface area contributed by atoms with Crippen LogP contribution in [-0.4, -0.2) is 16.1 Å². The van der Waals surface area contributed by atoms with Gasteiger partial charge in [-0.3, -0.25) is 0 Å². The van der Waals surface area contributed by atoms with Crippen molar-refractivity contribution in [3.05, 3.63) is 59.2 Å². The highest BCUT2D eigenvalue weighted by molar-refractivity contribution is 5.97. The molecule has 0 aliphatic rings. The third-order valence-electron chi connectivity index (χ3n) is 3.46. The van der Waals surface area contributed by atoms with E-state index >= 15 is 0 Å². The molecule has 0 radical (unpaired) electrons. The highest BCUT2D eigenvalue weighted by Gasteiger charge is 2.16. The van der Waals surface area contributed by atoms with Crippen molar-refractivity contribution in [3.63, 3.8) is 0 Å². The van der Waals surface area contributed by atoms with Crippen molar-refractivity contribution in [3.8, 4) is 0 Å². The Morgan fingerprint density at radius 3 is 2.90 bits per heavy atom. The summed E-state index contributed by atoms with van der Waals surface area (Å²) in [7, 11) is 0. The van der Waals surface area contributed by atoms with Crippen LogP contribution in [0.1, 0.15) is 27.4 Å². The average molecular weight is 284 g/mol.